The smallest absolute Gasteiger partial charge is 0.246 e. The van der Waals surface area contributed by atoms with Gasteiger partial charge < -0.3 is 9.84 Å². The number of likely N-dealkylation sites (tertiary alicyclic amines) is 1. The number of rotatable bonds is 6. The van der Waals surface area contributed by atoms with E-state index in [1.807, 2.05) is 12.1 Å². The molecule has 162 valence electrons. The van der Waals surface area contributed by atoms with Crippen LogP contribution in [0.5, 0.6) is 0 Å². The van der Waals surface area contributed by atoms with E-state index in [1.54, 1.807) is 24.3 Å². The lowest BCUT2D eigenvalue weighted by Gasteiger charge is -2.31. The zero-order valence-electron chi connectivity index (χ0n) is 16.7. The van der Waals surface area contributed by atoms with Gasteiger partial charge in [0.25, 0.3) is 0 Å². The standard InChI is InChI=1S/C22H21Cl2FN4O2/c23-16-6-5-15(19(25)11-16)13-29-9-7-14(8-10-29)22(30)26-12-20-27-21(28-31-20)17-3-1-2-4-18(17)24/h1-6,11,14H,7-10,12-13H2,(H,26,30). The second-order valence-corrected chi connectivity index (χ2v) is 8.34. The molecule has 2 heterocycles. The van der Waals surface area contributed by atoms with E-state index in [1.165, 1.54) is 6.07 Å². The molecule has 1 N–H and O–H groups in total. The summed E-state index contributed by atoms with van der Waals surface area (Å²) in [7, 11) is 0. The Bertz CT molecular complexity index is 1070. The zero-order chi connectivity index (χ0) is 21.8. The van der Waals surface area contributed by atoms with Gasteiger partial charge in [0.1, 0.15) is 5.82 Å². The van der Waals surface area contributed by atoms with Crippen LogP contribution in [0.3, 0.4) is 0 Å². The average Bonchev–Trinajstić information content (AvgIpc) is 3.24. The number of piperidine rings is 1. The molecule has 0 aliphatic carbocycles. The zero-order valence-corrected chi connectivity index (χ0v) is 18.2. The van der Waals surface area contributed by atoms with Gasteiger partial charge >= 0.3 is 0 Å². The molecule has 3 aromatic rings. The minimum Gasteiger partial charge on any atom is -0.347 e. The van der Waals surface area contributed by atoms with Crippen LogP contribution in [0, 0.1) is 11.7 Å². The molecule has 0 spiro atoms. The number of hydrogen-bond donors (Lipinski definition) is 1. The first kappa shape index (κ1) is 21.7. The molecule has 0 atom stereocenters. The second-order valence-electron chi connectivity index (χ2n) is 7.50. The molecule has 1 aliphatic rings. The van der Waals surface area contributed by atoms with Crippen molar-refractivity contribution in [2.75, 3.05) is 13.1 Å². The van der Waals surface area contributed by atoms with Gasteiger partial charge in [0.05, 0.1) is 11.6 Å². The van der Waals surface area contributed by atoms with E-state index in [4.69, 9.17) is 27.7 Å². The minimum absolute atomic E-state index is 0.0465. The topological polar surface area (TPSA) is 71.3 Å². The maximum absolute atomic E-state index is 14.0. The molecule has 2 aromatic carbocycles. The van der Waals surface area contributed by atoms with Gasteiger partial charge in [-0.15, -0.1) is 0 Å². The van der Waals surface area contributed by atoms with Gasteiger partial charge in [0, 0.05) is 28.6 Å². The van der Waals surface area contributed by atoms with E-state index in [2.05, 4.69) is 20.4 Å². The Labute approximate surface area is 189 Å². The number of benzene rings is 2. The fourth-order valence-corrected chi connectivity index (χ4v) is 4.01. The van der Waals surface area contributed by atoms with Gasteiger partial charge in [0.2, 0.25) is 17.6 Å². The molecule has 1 aromatic heterocycles. The molecule has 1 saturated heterocycles. The Morgan fingerprint density at radius 3 is 2.71 bits per heavy atom. The summed E-state index contributed by atoms with van der Waals surface area (Å²) in [6, 6.07) is 11.9. The largest absolute Gasteiger partial charge is 0.347 e. The summed E-state index contributed by atoms with van der Waals surface area (Å²) in [5.74, 6) is 0.256. The van der Waals surface area contributed by atoms with Gasteiger partial charge in [-0.25, -0.2) is 4.39 Å². The van der Waals surface area contributed by atoms with Crippen molar-refractivity contribution >= 4 is 29.1 Å². The number of amides is 1. The first-order valence-electron chi connectivity index (χ1n) is 10.0. The van der Waals surface area contributed by atoms with Crippen molar-refractivity contribution in [3.05, 3.63) is 69.8 Å². The van der Waals surface area contributed by atoms with Crippen molar-refractivity contribution in [2.45, 2.75) is 25.9 Å². The minimum atomic E-state index is -0.303. The van der Waals surface area contributed by atoms with E-state index < -0.39 is 0 Å². The van der Waals surface area contributed by atoms with Crippen LogP contribution in [0.15, 0.2) is 47.0 Å². The third-order valence-corrected chi connectivity index (χ3v) is 5.93. The summed E-state index contributed by atoms with van der Waals surface area (Å²) in [5, 5.41) is 7.72. The van der Waals surface area contributed by atoms with Crippen LogP contribution < -0.4 is 5.32 Å². The Morgan fingerprint density at radius 1 is 1.19 bits per heavy atom. The fourth-order valence-electron chi connectivity index (χ4n) is 3.63. The van der Waals surface area contributed by atoms with Crippen molar-refractivity contribution in [3.8, 4) is 11.4 Å². The molecule has 0 radical (unpaired) electrons. The van der Waals surface area contributed by atoms with E-state index >= 15 is 0 Å². The maximum Gasteiger partial charge on any atom is 0.246 e. The van der Waals surface area contributed by atoms with E-state index in [0.29, 0.717) is 52.3 Å². The second kappa shape index (κ2) is 9.77. The first-order chi connectivity index (χ1) is 15.0. The Kier molecular flexibility index (Phi) is 6.85. The number of nitrogens with zero attached hydrogens (tertiary/aromatic N) is 3. The van der Waals surface area contributed by atoms with Crippen LogP contribution in [0.2, 0.25) is 10.0 Å². The highest BCUT2D eigenvalue weighted by molar-refractivity contribution is 6.33. The molecule has 4 rings (SSSR count). The lowest BCUT2D eigenvalue weighted by Crippen LogP contribution is -2.40. The summed E-state index contributed by atoms with van der Waals surface area (Å²) in [6.07, 6.45) is 1.41. The number of aromatic nitrogens is 2. The highest BCUT2D eigenvalue weighted by Crippen LogP contribution is 2.25. The quantitative estimate of drug-likeness (QED) is 0.574. The molecule has 31 heavy (non-hydrogen) atoms. The predicted octanol–water partition coefficient (Wildman–Crippen LogP) is 4.71. The molecule has 1 aliphatic heterocycles. The summed E-state index contributed by atoms with van der Waals surface area (Å²) >= 11 is 12.0. The monoisotopic (exact) mass is 462 g/mol. The maximum atomic E-state index is 14.0. The highest BCUT2D eigenvalue weighted by atomic mass is 35.5. The molecular weight excluding hydrogens is 442 g/mol. The molecule has 9 heteroatoms. The van der Waals surface area contributed by atoms with E-state index in [0.717, 1.165) is 13.1 Å². The molecule has 0 unspecified atom stereocenters. The van der Waals surface area contributed by atoms with E-state index in [-0.39, 0.29) is 24.2 Å². The Balaban J connectivity index is 1.26. The fraction of sp³-hybridized carbons (Fsp3) is 0.318. The van der Waals surface area contributed by atoms with Crippen LogP contribution in [-0.4, -0.2) is 34.0 Å². The van der Waals surface area contributed by atoms with Crippen molar-refractivity contribution in [3.63, 3.8) is 0 Å². The van der Waals surface area contributed by atoms with Crippen LogP contribution in [0.1, 0.15) is 24.3 Å². The summed E-state index contributed by atoms with van der Waals surface area (Å²) in [4.78, 5) is 19.0. The molecule has 6 nitrogen and oxygen atoms in total. The van der Waals surface area contributed by atoms with Crippen molar-refractivity contribution in [1.82, 2.24) is 20.4 Å². The van der Waals surface area contributed by atoms with Gasteiger partial charge in [-0.05, 0) is 50.2 Å². The molecular formula is C22H21Cl2FN4O2. The molecule has 1 fully saturated rings. The van der Waals surface area contributed by atoms with Crippen LogP contribution in [0.4, 0.5) is 4.39 Å². The predicted molar refractivity (Wildman–Crippen MR) is 116 cm³/mol. The van der Waals surface area contributed by atoms with Gasteiger partial charge in [0.15, 0.2) is 0 Å². The average molecular weight is 463 g/mol. The normalized spacial score (nSPS) is 15.2. The van der Waals surface area contributed by atoms with Gasteiger partial charge in [-0.1, -0.05) is 46.6 Å². The summed E-state index contributed by atoms with van der Waals surface area (Å²) in [6.45, 7) is 2.10. The van der Waals surface area contributed by atoms with Crippen LogP contribution in [-0.2, 0) is 17.9 Å². The Morgan fingerprint density at radius 2 is 1.97 bits per heavy atom. The molecule has 1 amide bonds. The lowest BCUT2D eigenvalue weighted by atomic mass is 9.95. The van der Waals surface area contributed by atoms with Crippen LogP contribution in [0.25, 0.3) is 11.4 Å². The number of carbonyl (C=O) groups excluding carboxylic acids is 1. The number of nitrogens with one attached hydrogen (secondary N) is 1. The van der Waals surface area contributed by atoms with Gasteiger partial charge in [-0.3, -0.25) is 9.69 Å². The third kappa shape index (κ3) is 5.42. The van der Waals surface area contributed by atoms with Crippen molar-refractivity contribution < 1.29 is 13.7 Å². The molecule has 0 bridgehead atoms. The summed E-state index contributed by atoms with van der Waals surface area (Å²) in [5.41, 5.74) is 1.29. The number of carbonyl (C=O) groups is 1. The van der Waals surface area contributed by atoms with Gasteiger partial charge in [-0.2, -0.15) is 4.98 Å². The lowest BCUT2D eigenvalue weighted by molar-refractivity contribution is -0.126. The SMILES string of the molecule is O=C(NCc1nc(-c2ccccc2Cl)no1)C1CCN(Cc2ccc(Cl)cc2F)CC1. The van der Waals surface area contributed by atoms with Crippen molar-refractivity contribution in [2.24, 2.45) is 5.92 Å². The van der Waals surface area contributed by atoms with Crippen LogP contribution >= 0.6 is 23.2 Å². The molecule has 0 saturated carbocycles. The Hall–Kier alpha value is -2.48. The first-order valence-corrected chi connectivity index (χ1v) is 10.8. The van der Waals surface area contributed by atoms with E-state index in [9.17, 15) is 9.18 Å². The third-order valence-electron chi connectivity index (χ3n) is 5.36. The number of hydrogen-bond acceptors (Lipinski definition) is 5. The highest BCUT2D eigenvalue weighted by Gasteiger charge is 2.25. The summed E-state index contributed by atoms with van der Waals surface area (Å²) < 4.78 is 19.2. The van der Waals surface area contributed by atoms with Crippen molar-refractivity contribution in [1.29, 1.82) is 0 Å². The number of halogens is 3.